The number of rotatable bonds is 3. The maximum Gasteiger partial charge on any atom is 0.410 e. The summed E-state index contributed by atoms with van der Waals surface area (Å²) in [5, 5.41) is 0. The van der Waals surface area contributed by atoms with Gasteiger partial charge in [-0.15, -0.1) is 0 Å². The summed E-state index contributed by atoms with van der Waals surface area (Å²) in [5.41, 5.74) is -0.576. The summed E-state index contributed by atoms with van der Waals surface area (Å²) in [6, 6.07) is -0.307. The molecule has 1 rings (SSSR count). The van der Waals surface area contributed by atoms with Crippen LogP contribution in [0.25, 0.3) is 0 Å². The predicted molar refractivity (Wildman–Crippen MR) is 57.9 cm³/mol. The molecule has 4 nitrogen and oxygen atoms in total. The lowest BCUT2D eigenvalue weighted by atomic mass is 10.2. The van der Waals surface area contributed by atoms with Crippen LogP contribution < -0.4 is 0 Å². The number of halogens is 2. The summed E-state index contributed by atoms with van der Waals surface area (Å²) in [7, 11) is 0. The van der Waals surface area contributed by atoms with E-state index in [0.717, 1.165) is 6.42 Å². The van der Waals surface area contributed by atoms with Crippen LogP contribution in [0, 0.1) is 0 Å². The molecule has 1 fully saturated rings. The van der Waals surface area contributed by atoms with Gasteiger partial charge < -0.3 is 14.4 Å². The molecule has 0 N–H and O–H groups in total. The Balaban J connectivity index is 2.48. The number of hydrogen-bond acceptors (Lipinski definition) is 3. The Morgan fingerprint density at radius 2 is 2.12 bits per heavy atom. The molecule has 0 saturated carbocycles. The Bertz CT molecular complexity index is 266. The van der Waals surface area contributed by atoms with Crippen LogP contribution in [0.5, 0.6) is 0 Å². The second kappa shape index (κ2) is 5.62. The molecule has 1 atom stereocenters. The highest BCUT2D eigenvalue weighted by Gasteiger charge is 2.32. The molecule has 1 heterocycles. The van der Waals surface area contributed by atoms with E-state index in [9.17, 15) is 13.6 Å². The second-order valence-electron chi connectivity index (χ2n) is 5.06. The van der Waals surface area contributed by atoms with E-state index in [1.165, 1.54) is 4.90 Å². The van der Waals surface area contributed by atoms with Gasteiger partial charge in [-0.1, -0.05) is 0 Å². The topological polar surface area (TPSA) is 38.8 Å². The van der Waals surface area contributed by atoms with Crippen molar-refractivity contribution in [2.24, 2.45) is 0 Å². The highest BCUT2D eigenvalue weighted by Crippen LogP contribution is 2.21. The van der Waals surface area contributed by atoms with E-state index in [2.05, 4.69) is 4.74 Å². The van der Waals surface area contributed by atoms with Crippen molar-refractivity contribution >= 4 is 6.09 Å². The maximum absolute atomic E-state index is 11.9. The third kappa shape index (κ3) is 4.85. The first-order valence-corrected chi connectivity index (χ1v) is 5.69. The van der Waals surface area contributed by atoms with Crippen molar-refractivity contribution in [1.29, 1.82) is 0 Å². The van der Waals surface area contributed by atoms with Crippen molar-refractivity contribution in [2.75, 3.05) is 13.2 Å². The van der Waals surface area contributed by atoms with Crippen LogP contribution in [-0.4, -0.2) is 42.4 Å². The summed E-state index contributed by atoms with van der Waals surface area (Å²) >= 11 is 0. The first kappa shape index (κ1) is 14.2. The molecule has 0 bridgehead atoms. The van der Waals surface area contributed by atoms with Gasteiger partial charge in [0.05, 0.1) is 12.6 Å². The Kier molecular flexibility index (Phi) is 4.68. The van der Waals surface area contributed by atoms with Gasteiger partial charge in [-0.3, -0.25) is 0 Å². The highest BCUT2D eigenvalue weighted by molar-refractivity contribution is 5.68. The number of hydrogen-bond donors (Lipinski definition) is 0. The Hall–Kier alpha value is -0.910. The third-order valence-electron chi connectivity index (χ3n) is 2.42. The van der Waals surface area contributed by atoms with Gasteiger partial charge in [-0.05, 0) is 33.6 Å². The van der Waals surface area contributed by atoms with Crippen molar-refractivity contribution in [3.63, 3.8) is 0 Å². The molecule has 1 aliphatic heterocycles. The molecule has 100 valence electrons. The standard InChI is InChI=1S/C11H19F2NO3/c1-11(2,3)17-10(15)14-6-4-5-8(14)7-16-9(12)13/h8-9H,4-7H2,1-3H3/t8-/m1/s1. The van der Waals surface area contributed by atoms with Crippen LogP contribution in [-0.2, 0) is 9.47 Å². The van der Waals surface area contributed by atoms with E-state index >= 15 is 0 Å². The summed E-state index contributed by atoms with van der Waals surface area (Å²) in [6.07, 6.45) is 1.00. The average molecular weight is 251 g/mol. The molecule has 6 heteroatoms. The lowest BCUT2D eigenvalue weighted by Gasteiger charge is -2.28. The van der Waals surface area contributed by atoms with E-state index in [0.29, 0.717) is 13.0 Å². The van der Waals surface area contributed by atoms with Crippen molar-refractivity contribution in [2.45, 2.75) is 51.9 Å². The van der Waals surface area contributed by atoms with Crippen molar-refractivity contribution in [1.82, 2.24) is 4.90 Å². The number of nitrogens with zero attached hydrogens (tertiary/aromatic N) is 1. The van der Waals surface area contributed by atoms with Crippen LogP contribution in [0.1, 0.15) is 33.6 Å². The van der Waals surface area contributed by atoms with E-state index in [1.807, 2.05) is 0 Å². The van der Waals surface area contributed by atoms with Gasteiger partial charge >= 0.3 is 12.7 Å². The summed E-state index contributed by atoms with van der Waals surface area (Å²) in [4.78, 5) is 13.2. The predicted octanol–water partition coefficient (Wildman–Crippen LogP) is 2.63. The first-order chi connectivity index (χ1) is 7.79. The lowest BCUT2D eigenvalue weighted by molar-refractivity contribution is -0.138. The minimum absolute atomic E-state index is 0.142. The van der Waals surface area contributed by atoms with Crippen LogP contribution in [0.3, 0.4) is 0 Å². The van der Waals surface area contributed by atoms with Gasteiger partial charge in [-0.25, -0.2) is 4.79 Å². The molecule has 0 radical (unpaired) electrons. The van der Waals surface area contributed by atoms with Crippen LogP contribution in [0.4, 0.5) is 13.6 Å². The molecule has 0 aromatic rings. The van der Waals surface area contributed by atoms with E-state index in [4.69, 9.17) is 4.74 Å². The molecule has 1 saturated heterocycles. The zero-order valence-electron chi connectivity index (χ0n) is 10.4. The number of carbonyl (C=O) groups is 1. The fraction of sp³-hybridized carbons (Fsp3) is 0.909. The number of amides is 1. The smallest absolute Gasteiger partial charge is 0.410 e. The highest BCUT2D eigenvalue weighted by atomic mass is 19.3. The molecule has 1 aliphatic rings. The van der Waals surface area contributed by atoms with Crippen molar-refractivity contribution in [3.8, 4) is 0 Å². The normalized spacial score (nSPS) is 21.1. The van der Waals surface area contributed by atoms with Gasteiger partial charge in [0.25, 0.3) is 0 Å². The van der Waals surface area contributed by atoms with Gasteiger partial charge in [-0.2, -0.15) is 8.78 Å². The van der Waals surface area contributed by atoms with Crippen molar-refractivity contribution < 1.29 is 23.0 Å². The zero-order valence-corrected chi connectivity index (χ0v) is 10.4. The summed E-state index contributed by atoms with van der Waals surface area (Å²) in [6.45, 7) is 2.91. The molecule has 17 heavy (non-hydrogen) atoms. The summed E-state index contributed by atoms with van der Waals surface area (Å²) in [5.74, 6) is 0. The number of alkyl halides is 2. The zero-order chi connectivity index (χ0) is 13.1. The Morgan fingerprint density at radius 3 is 2.65 bits per heavy atom. The molecule has 0 unspecified atom stereocenters. The molecule has 0 aromatic carbocycles. The molecular weight excluding hydrogens is 232 g/mol. The molecular formula is C11H19F2NO3. The minimum Gasteiger partial charge on any atom is -0.444 e. The average Bonchev–Trinajstić information content (AvgIpc) is 2.59. The summed E-state index contributed by atoms with van der Waals surface area (Å²) < 4.78 is 33.3. The molecule has 0 aromatic heterocycles. The number of carbonyl (C=O) groups excluding carboxylic acids is 1. The minimum atomic E-state index is -2.80. The van der Waals surface area contributed by atoms with Crippen LogP contribution in [0.15, 0.2) is 0 Å². The van der Waals surface area contributed by atoms with E-state index < -0.39 is 18.3 Å². The number of ether oxygens (including phenoxy) is 2. The van der Waals surface area contributed by atoms with Gasteiger partial charge in [0, 0.05) is 6.54 Å². The van der Waals surface area contributed by atoms with Gasteiger partial charge in [0.15, 0.2) is 0 Å². The largest absolute Gasteiger partial charge is 0.444 e. The Morgan fingerprint density at radius 1 is 1.47 bits per heavy atom. The third-order valence-corrected chi connectivity index (χ3v) is 2.42. The monoisotopic (exact) mass is 251 g/mol. The first-order valence-electron chi connectivity index (χ1n) is 5.69. The van der Waals surface area contributed by atoms with Crippen molar-refractivity contribution in [3.05, 3.63) is 0 Å². The van der Waals surface area contributed by atoms with E-state index in [1.54, 1.807) is 20.8 Å². The fourth-order valence-corrected chi connectivity index (χ4v) is 1.75. The van der Waals surface area contributed by atoms with Gasteiger partial charge in [0.2, 0.25) is 0 Å². The lowest BCUT2D eigenvalue weighted by Crippen LogP contribution is -2.41. The molecule has 1 amide bonds. The second-order valence-corrected chi connectivity index (χ2v) is 5.06. The molecule has 0 spiro atoms. The molecule has 0 aliphatic carbocycles. The SMILES string of the molecule is CC(C)(C)OC(=O)N1CCC[C@@H]1COC(F)F. The fourth-order valence-electron chi connectivity index (χ4n) is 1.75. The van der Waals surface area contributed by atoms with E-state index in [-0.39, 0.29) is 12.6 Å². The number of likely N-dealkylation sites (tertiary alicyclic amines) is 1. The van der Waals surface area contributed by atoms with Crippen LogP contribution >= 0.6 is 0 Å². The maximum atomic E-state index is 11.9. The van der Waals surface area contributed by atoms with Gasteiger partial charge in [0.1, 0.15) is 5.60 Å². The quantitative estimate of drug-likeness (QED) is 0.774. The van der Waals surface area contributed by atoms with Crippen LogP contribution in [0.2, 0.25) is 0 Å². The Labute approximate surface area is 99.9 Å².